The van der Waals surface area contributed by atoms with Gasteiger partial charge in [0.2, 0.25) is 0 Å². The SMILES string of the molecule is NCCCCC(CCCN)(CCCN)O[SiH3]. The van der Waals surface area contributed by atoms with Crippen LogP contribution in [0.3, 0.4) is 0 Å². The Morgan fingerprint density at radius 3 is 1.56 bits per heavy atom. The summed E-state index contributed by atoms with van der Waals surface area (Å²) in [7, 11) is 0.785. The van der Waals surface area contributed by atoms with E-state index in [1.165, 1.54) is 0 Å². The highest BCUT2D eigenvalue weighted by atomic mass is 28.2. The molecule has 0 aromatic rings. The van der Waals surface area contributed by atoms with Crippen molar-refractivity contribution in [2.24, 2.45) is 17.2 Å². The maximum absolute atomic E-state index is 5.88. The quantitative estimate of drug-likeness (QED) is 0.343. The van der Waals surface area contributed by atoms with Crippen LogP contribution in [0.2, 0.25) is 0 Å². The third-order valence-electron chi connectivity index (χ3n) is 3.19. The minimum atomic E-state index is 0.0418. The minimum absolute atomic E-state index is 0.0418. The number of nitrogens with two attached hydrogens (primary N) is 3. The fraction of sp³-hybridized carbons (Fsp3) is 1.00. The lowest BCUT2D eigenvalue weighted by molar-refractivity contribution is 0.0454. The fourth-order valence-corrected chi connectivity index (χ4v) is 2.73. The van der Waals surface area contributed by atoms with Crippen LogP contribution in [-0.2, 0) is 4.43 Å². The molecule has 0 heterocycles. The maximum atomic E-state index is 5.88. The summed E-state index contributed by atoms with van der Waals surface area (Å²) in [4.78, 5) is 0. The second-order valence-corrected chi connectivity index (χ2v) is 4.83. The minimum Gasteiger partial charge on any atom is -0.422 e. The van der Waals surface area contributed by atoms with Gasteiger partial charge in [0.05, 0.1) is 5.60 Å². The monoisotopic (exact) mass is 247 g/mol. The van der Waals surface area contributed by atoms with Crippen molar-refractivity contribution >= 4 is 10.5 Å². The summed E-state index contributed by atoms with van der Waals surface area (Å²) in [6.07, 6.45) is 7.54. The third-order valence-corrected chi connectivity index (χ3v) is 4.06. The van der Waals surface area contributed by atoms with Gasteiger partial charge in [-0.05, 0) is 64.6 Å². The summed E-state index contributed by atoms with van der Waals surface area (Å²) >= 11 is 0. The van der Waals surface area contributed by atoms with E-state index < -0.39 is 0 Å². The van der Waals surface area contributed by atoms with Crippen LogP contribution in [0.25, 0.3) is 0 Å². The van der Waals surface area contributed by atoms with Crippen molar-refractivity contribution in [3.05, 3.63) is 0 Å². The van der Waals surface area contributed by atoms with E-state index >= 15 is 0 Å². The Morgan fingerprint density at radius 1 is 0.750 bits per heavy atom. The van der Waals surface area contributed by atoms with E-state index in [0.29, 0.717) is 0 Å². The molecule has 98 valence electrons. The molecule has 0 saturated heterocycles. The zero-order valence-electron chi connectivity index (χ0n) is 10.7. The predicted molar refractivity (Wildman–Crippen MR) is 73.2 cm³/mol. The van der Waals surface area contributed by atoms with Crippen molar-refractivity contribution in [2.75, 3.05) is 19.6 Å². The molecule has 0 bridgehead atoms. The zero-order chi connectivity index (χ0) is 12.3. The van der Waals surface area contributed by atoms with Gasteiger partial charge in [0.15, 0.2) is 0 Å². The first-order valence-corrected chi connectivity index (χ1v) is 7.21. The van der Waals surface area contributed by atoms with Crippen molar-refractivity contribution in [1.29, 1.82) is 0 Å². The lowest BCUT2D eigenvalue weighted by Gasteiger charge is -2.33. The van der Waals surface area contributed by atoms with E-state index in [4.69, 9.17) is 21.6 Å². The largest absolute Gasteiger partial charge is 0.422 e. The van der Waals surface area contributed by atoms with Crippen LogP contribution < -0.4 is 17.2 Å². The number of unbranched alkanes of at least 4 members (excludes halogenated alkanes) is 1. The van der Waals surface area contributed by atoms with Crippen LogP contribution >= 0.6 is 0 Å². The van der Waals surface area contributed by atoms with Gasteiger partial charge in [0.25, 0.3) is 0 Å². The molecular weight excluding hydrogens is 218 g/mol. The Balaban J connectivity index is 4.16. The van der Waals surface area contributed by atoms with E-state index in [-0.39, 0.29) is 5.60 Å². The van der Waals surface area contributed by atoms with E-state index in [0.717, 1.165) is 75.1 Å². The molecule has 0 aromatic carbocycles. The Kier molecular flexibility index (Phi) is 10.3. The Labute approximate surface area is 103 Å². The van der Waals surface area contributed by atoms with Crippen LogP contribution in [0.15, 0.2) is 0 Å². The van der Waals surface area contributed by atoms with Gasteiger partial charge >= 0.3 is 0 Å². The highest BCUT2D eigenvalue weighted by Gasteiger charge is 2.27. The molecule has 0 amide bonds. The van der Waals surface area contributed by atoms with Crippen molar-refractivity contribution in [3.8, 4) is 0 Å². The van der Waals surface area contributed by atoms with Gasteiger partial charge < -0.3 is 21.6 Å². The van der Waals surface area contributed by atoms with Crippen molar-refractivity contribution in [2.45, 2.75) is 50.5 Å². The highest BCUT2D eigenvalue weighted by Crippen LogP contribution is 2.29. The molecule has 0 spiro atoms. The van der Waals surface area contributed by atoms with Gasteiger partial charge in [-0.3, -0.25) is 0 Å². The first-order chi connectivity index (χ1) is 7.74. The molecule has 0 saturated carbocycles. The summed E-state index contributed by atoms with van der Waals surface area (Å²) < 4.78 is 5.88. The molecule has 0 fully saturated rings. The van der Waals surface area contributed by atoms with Crippen LogP contribution in [0, 0.1) is 0 Å². The molecule has 0 aliphatic carbocycles. The van der Waals surface area contributed by atoms with Crippen molar-refractivity contribution in [1.82, 2.24) is 0 Å². The molecule has 0 rings (SSSR count). The van der Waals surface area contributed by atoms with Crippen molar-refractivity contribution in [3.63, 3.8) is 0 Å². The number of hydrogen-bond acceptors (Lipinski definition) is 4. The molecule has 0 aliphatic rings. The second-order valence-electron chi connectivity index (χ2n) is 4.42. The summed E-state index contributed by atoms with van der Waals surface area (Å²) in [5.41, 5.74) is 16.7. The number of rotatable bonds is 11. The van der Waals surface area contributed by atoms with E-state index in [1.807, 2.05) is 0 Å². The third kappa shape index (κ3) is 6.60. The number of hydrogen-bond donors (Lipinski definition) is 3. The van der Waals surface area contributed by atoms with Gasteiger partial charge in [-0.2, -0.15) is 0 Å². The average Bonchev–Trinajstić information content (AvgIpc) is 2.32. The smallest absolute Gasteiger partial charge is 0.146 e. The van der Waals surface area contributed by atoms with Crippen molar-refractivity contribution < 1.29 is 4.43 Å². The summed E-state index contributed by atoms with van der Waals surface area (Å²) in [5, 5.41) is 0. The van der Waals surface area contributed by atoms with Crippen LogP contribution in [-0.4, -0.2) is 35.7 Å². The first-order valence-electron chi connectivity index (χ1n) is 6.40. The van der Waals surface area contributed by atoms with E-state index in [9.17, 15) is 0 Å². The average molecular weight is 247 g/mol. The Morgan fingerprint density at radius 2 is 1.19 bits per heavy atom. The predicted octanol–water partition coefficient (Wildman–Crippen LogP) is -0.371. The van der Waals surface area contributed by atoms with Crippen LogP contribution in [0.4, 0.5) is 0 Å². The summed E-state index contributed by atoms with van der Waals surface area (Å²) in [5.74, 6) is 0. The molecule has 6 N–H and O–H groups in total. The molecule has 4 nitrogen and oxygen atoms in total. The summed E-state index contributed by atoms with van der Waals surface area (Å²) in [6.45, 7) is 2.25. The normalized spacial score (nSPS) is 12.2. The Bertz CT molecular complexity index is 150. The topological polar surface area (TPSA) is 87.3 Å². The molecular formula is C11H29N3OSi. The van der Waals surface area contributed by atoms with Gasteiger partial charge in [0.1, 0.15) is 10.5 Å². The molecule has 0 unspecified atom stereocenters. The molecule has 0 aliphatic heterocycles. The van der Waals surface area contributed by atoms with Gasteiger partial charge in [0, 0.05) is 0 Å². The zero-order valence-corrected chi connectivity index (χ0v) is 12.7. The van der Waals surface area contributed by atoms with E-state index in [1.54, 1.807) is 0 Å². The van der Waals surface area contributed by atoms with Gasteiger partial charge in [-0.25, -0.2) is 0 Å². The molecule has 0 atom stereocenters. The van der Waals surface area contributed by atoms with Gasteiger partial charge in [-0.15, -0.1) is 0 Å². The maximum Gasteiger partial charge on any atom is 0.146 e. The molecule has 0 radical (unpaired) electrons. The highest BCUT2D eigenvalue weighted by molar-refractivity contribution is 5.98. The summed E-state index contributed by atoms with van der Waals surface area (Å²) in [6, 6.07) is 0. The second kappa shape index (κ2) is 10.2. The standard InChI is InChI=1S/C11H29N3OSi/c12-8-2-1-5-11(15-16,6-3-9-13)7-4-10-14/h1-10,12-14H2,16H3. The molecule has 5 heteroatoms. The molecule has 16 heavy (non-hydrogen) atoms. The van der Waals surface area contributed by atoms with Crippen LogP contribution in [0.5, 0.6) is 0 Å². The molecule has 0 aromatic heterocycles. The van der Waals surface area contributed by atoms with E-state index in [2.05, 4.69) is 0 Å². The lowest BCUT2D eigenvalue weighted by atomic mass is 9.87. The lowest BCUT2D eigenvalue weighted by Crippen LogP contribution is -2.33. The fourth-order valence-electron chi connectivity index (χ4n) is 2.12. The Hall–Kier alpha value is 0.0569. The van der Waals surface area contributed by atoms with Crippen LogP contribution in [0.1, 0.15) is 44.9 Å². The van der Waals surface area contributed by atoms with Gasteiger partial charge in [-0.1, -0.05) is 0 Å². The first kappa shape index (κ1) is 16.1.